The highest BCUT2D eigenvalue weighted by atomic mass is 32.2. The lowest BCUT2D eigenvalue weighted by atomic mass is 9.98. The molecule has 2 atom stereocenters. The maximum absolute atomic E-state index is 13.1. The van der Waals surface area contributed by atoms with Gasteiger partial charge in [0.15, 0.2) is 10.8 Å². The number of carboxylic acid groups (broad SMARTS) is 1. The Kier molecular flexibility index (Phi) is 7.74. The molecule has 200 valence electrons. The van der Waals surface area contributed by atoms with E-state index in [4.69, 9.17) is 16.3 Å². The van der Waals surface area contributed by atoms with Gasteiger partial charge in [-0.1, -0.05) is 5.16 Å². The standard InChI is InChI=1S/C17H22N10O8S2/c1-17(2,15(30)31)35-25-11(9-6-36-16(19)22-9)13(28)23-12-10(27(14(12)29)37(32,33)34)5-26-21-4-8(24-26)3-20-7-18/h4,6-7,10,12H,3,5H2,1-2H3,(H2,18,20)(H2,19,22)(H,23,28)(H,30,31)(H,32,33,34)/b25-11+/t10-,12+/m1/s1. The Balaban J connectivity index is 1.87. The Labute approximate surface area is 212 Å². The Morgan fingerprint density at radius 1 is 1.41 bits per heavy atom. The van der Waals surface area contributed by atoms with Crippen LogP contribution in [-0.2, 0) is 42.6 Å². The maximum Gasteiger partial charge on any atom is 0.362 e. The van der Waals surface area contributed by atoms with Gasteiger partial charge in [-0.25, -0.2) is 14.1 Å². The number of nitrogens with two attached hydrogens (primary N) is 2. The molecule has 0 spiro atoms. The number of carboxylic acids is 1. The summed E-state index contributed by atoms with van der Waals surface area (Å²) in [5.41, 5.74) is 8.72. The molecule has 1 fully saturated rings. The van der Waals surface area contributed by atoms with Gasteiger partial charge in [0, 0.05) is 5.38 Å². The number of carbonyl (C=O) groups is 3. The SMILES string of the molecule is CC(C)(O/N=C(/C(=O)N[C@@H]1C(=O)N(S(=O)(=O)O)[C@@H]1Cn1ncc(CN=CN)n1)c1csc(N)n1)C(=O)O. The van der Waals surface area contributed by atoms with Crippen molar-refractivity contribution in [1.29, 1.82) is 0 Å². The zero-order valence-corrected chi connectivity index (χ0v) is 20.9. The minimum atomic E-state index is -4.99. The molecule has 1 saturated heterocycles. The van der Waals surface area contributed by atoms with Crippen molar-refractivity contribution in [3.8, 4) is 0 Å². The maximum atomic E-state index is 13.1. The number of aliphatic carboxylic acids is 1. The first-order valence-electron chi connectivity index (χ1n) is 10.2. The molecule has 0 aliphatic carbocycles. The van der Waals surface area contributed by atoms with Gasteiger partial charge in [-0.15, -0.1) is 11.3 Å². The van der Waals surface area contributed by atoms with Gasteiger partial charge in [0.25, 0.3) is 11.8 Å². The first-order chi connectivity index (χ1) is 17.2. The first kappa shape index (κ1) is 27.4. The third-order valence-electron chi connectivity index (χ3n) is 4.86. The van der Waals surface area contributed by atoms with Crippen LogP contribution in [0.1, 0.15) is 25.2 Å². The molecule has 3 rings (SSSR count). The lowest BCUT2D eigenvalue weighted by molar-refractivity contribution is -0.161. The molecule has 0 bridgehead atoms. The molecule has 18 nitrogen and oxygen atoms in total. The summed E-state index contributed by atoms with van der Waals surface area (Å²) in [6.07, 6.45) is 2.39. The van der Waals surface area contributed by atoms with Gasteiger partial charge in [0.2, 0.25) is 5.60 Å². The Bertz CT molecular complexity index is 1370. The fraction of sp³-hybridized carbons (Fsp3) is 0.412. The van der Waals surface area contributed by atoms with Crippen LogP contribution in [0.2, 0.25) is 0 Å². The number of anilines is 1. The Morgan fingerprint density at radius 3 is 2.68 bits per heavy atom. The number of aromatic nitrogens is 4. The monoisotopic (exact) mass is 558 g/mol. The van der Waals surface area contributed by atoms with E-state index < -0.39 is 51.5 Å². The number of rotatable bonds is 11. The van der Waals surface area contributed by atoms with E-state index in [2.05, 4.69) is 30.6 Å². The van der Waals surface area contributed by atoms with Crippen molar-refractivity contribution >= 4 is 56.6 Å². The normalized spacial score (nSPS) is 18.6. The molecular weight excluding hydrogens is 536 g/mol. The average Bonchev–Trinajstić information content (AvgIpc) is 3.43. The number of nitrogen functional groups attached to an aromatic ring is 1. The smallest absolute Gasteiger partial charge is 0.362 e. The molecule has 2 aromatic rings. The molecular formula is C17H22N10O8S2. The lowest BCUT2D eigenvalue weighted by Crippen LogP contribution is -2.73. The number of carbonyl (C=O) groups excluding carboxylic acids is 2. The number of amides is 2. The number of oxime groups is 1. The van der Waals surface area contributed by atoms with Gasteiger partial charge in [-0.2, -0.15) is 23.4 Å². The summed E-state index contributed by atoms with van der Waals surface area (Å²) in [5, 5.41) is 24.6. The highest BCUT2D eigenvalue weighted by molar-refractivity contribution is 7.84. The van der Waals surface area contributed by atoms with Crippen molar-refractivity contribution in [3.63, 3.8) is 0 Å². The van der Waals surface area contributed by atoms with Crippen LogP contribution in [0.25, 0.3) is 0 Å². The molecule has 7 N–H and O–H groups in total. The molecule has 0 saturated carbocycles. The fourth-order valence-electron chi connectivity index (χ4n) is 2.96. The summed E-state index contributed by atoms with van der Waals surface area (Å²) in [5.74, 6) is -3.59. The van der Waals surface area contributed by atoms with Gasteiger partial charge in [0.05, 0.1) is 25.6 Å². The topological polar surface area (TPSA) is 271 Å². The van der Waals surface area contributed by atoms with E-state index in [-0.39, 0.29) is 28.2 Å². The predicted molar refractivity (Wildman–Crippen MR) is 126 cm³/mol. The quantitative estimate of drug-likeness (QED) is 0.0632. The summed E-state index contributed by atoms with van der Waals surface area (Å²) < 4.78 is 33.2. The molecule has 20 heteroatoms. The summed E-state index contributed by atoms with van der Waals surface area (Å²) >= 11 is 0.952. The zero-order valence-electron chi connectivity index (χ0n) is 19.2. The summed E-state index contributed by atoms with van der Waals surface area (Å²) in [7, 11) is -4.99. The van der Waals surface area contributed by atoms with Crippen LogP contribution in [0.3, 0.4) is 0 Å². The molecule has 1 aliphatic heterocycles. The molecule has 3 heterocycles. The van der Waals surface area contributed by atoms with E-state index in [9.17, 15) is 32.5 Å². The van der Waals surface area contributed by atoms with Crippen LogP contribution in [0.5, 0.6) is 0 Å². The van der Waals surface area contributed by atoms with E-state index in [0.717, 1.165) is 22.5 Å². The average molecular weight is 559 g/mol. The van der Waals surface area contributed by atoms with Gasteiger partial charge >= 0.3 is 16.3 Å². The van der Waals surface area contributed by atoms with Crippen molar-refractivity contribution in [2.24, 2.45) is 15.9 Å². The van der Waals surface area contributed by atoms with Crippen molar-refractivity contribution < 1.29 is 37.3 Å². The number of nitrogens with one attached hydrogen (secondary N) is 1. The highest BCUT2D eigenvalue weighted by Crippen LogP contribution is 2.25. The van der Waals surface area contributed by atoms with E-state index in [1.165, 1.54) is 25.4 Å². The third-order valence-corrected chi connectivity index (χ3v) is 6.48. The summed E-state index contributed by atoms with van der Waals surface area (Å²) in [6, 6.07) is -2.80. The van der Waals surface area contributed by atoms with E-state index >= 15 is 0 Å². The molecule has 1 aliphatic rings. The second-order valence-electron chi connectivity index (χ2n) is 7.93. The summed E-state index contributed by atoms with van der Waals surface area (Å²) in [4.78, 5) is 50.7. The first-order valence-corrected chi connectivity index (χ1v) is 12.4. The highest BCUT2D eigenvalue weighted by Gasteiger charge is 2.54. The van der Waals surface area contributed by atoms with E-state index in [1.54, 1.807) is 0 Å². The van der Waals surface area contributed by atoms with E-state index in [0.29, 0.717) is 5.69 Å². The van der Waals surface area contributed by atoms with Crippen molar-refractivity contribution in [1.82, 2.24) is 29.6 Å². The van der Waals surface area contributed by atoms with Crippen LogP contribution in [0, 0.1) is 0 Å². The number of β-lactam (4-membered cyclic amide) rings is 1. The molecule has 2 amide bonds. The van der Waals surface area contributed by atoms with Crippen LogP contribution in [0.4, 0.5) is 5.13 Å². The second-order valence-corrected chi connectivity index (χ2v) is 10.1. The molecule has 37 heavy (non-hydrogen) atoms. The van der Waals surface area contributed by atoms with Gasteiger partial charge in [-0.3, -0.25) is 19.1 Å². The number of thiazole rings is 1. The van der Waals surface area contributed by atoms with Crippen molar-refractivity contribution in [2.45, 2.75) is 44.6 Å². The van der Waals surface area contributed by atoms with Crippen LogP contribution >= 0.6 is 11.3 Å². The fourth-order valence-corrected chi connectivity index (χ4v) is 4.38. The number of aliphatic imine (C=N–C) groups is 1. The van der Waals surface area contributed by atoms with Gasteiger partial charge in [0.1, 0.15) is 23.5 Å². The third kappa shape index (κ3) is 6.16. The lowest BCUT2D eigenvalue weighted by Gasteiger charge is -2.43. The number of hydrogen-bond acceptors (Lipinski definition) is 13. The number of hydrogen-bond donors (Lipinski definition) is 5. The molecule has 2 aromatic heterocycles. The van der Waals surface area contributed by atoms with E-state index in [1.807, 2.05) is 0 Å². The van der Waals surface area contributed by atoms with Crippen LogP contribution < -0.4 is 16.8 Å². The van der Waals surface area contributed by atoms with Crippen LogP contribution in [0.15, 0.2) is 21.7 Å². The Morgan fingerprint density at radius 2 is 2.11 bits per heavy atom. The van der Waals surface area contributed by atoms with Gasteiger partial charge in [-0.05, 0) is 13.8 Å². The van der Waals surface area contributed by atoms with Crippen LogP contribution in [-0.4, -0.2) is 89.9 Å². The predicted octanol–water partition coefficient (Wildman–Crippen LogP) is -2.41. The Hall–Kier alpha value is -4.17. The second kappa shape index (κ2) is 10.4. The van der Waals surface area contributed by atoms with Crippen molar-refractivity contribution in [3.05, 3.63) is 23.0 Å². The zero-order chi connectivity index (χ0) is 27.5. The molecule has 0 radical (unpaired) electrons. The van der Waals surface area contributed by atoms with Gasteiger partial charge < -0.3 is 26.7 Å². The largest absolute Gasteiger partial charge is 0.478 e. The molecule has 0 unspecified atom stereocenters. The molecule has 0 aromatic carbocycles. The van der Waals surface area contributed by atoms with Crippen molar-refractivity contribution in [2.75, 3.05) is 5.73 Å². The summed E-state index contributed by atoms with van der Waals surface area (Å²) in [6.45, 7) is 2.11. The number of nitrogens with zero attached hydrogens (tertiary/aromatic N) is 7. The minimum absolute atomic E-state index is 0.0580. The minimum Gasteiger partial charge on any atom is -0.478 e.